The van der Waals surface area contributed by atoms with E-state index in [1.54, 1.807) is 6.07 Å². The summed E-state index contributed by atoms with van der Waals surface area (Å²) in [5.41, 5.74) is 5.27. The van der Waals surface area contributed by atoms with Crippen LogP contribution in [0.15, 0.2) is 45.1 Å². The van der Waals surface area contributed by atoms with Crippen molar-refractivity contribution < 1.29 is 13.2 Å². The van der Waals surface area contributed by atoms with Crippen molar-refractivity contribution in [2.75, 3.05) is 5.73 Å². The molecule has 0 atom stereocenters. The zero-order chi connectivity index (χ0) is 14.0. The largest absolute Gasteiger partial charge is 0.417 e. The minimum Gasteiger partial charge on any atom is -0.397 e. The molecule has 2 rings (SSSR count). The van der Waals surface area contributed by atoms with Crippen molar-refractivity contribution in [3.63, 3.8) is 0 Å². The highest BCUT2D eigenvalue weighted by molar-refractivity contribution is 9.10. The highest BCUT2D eigenvalue weighted by Crippen LogP contribution is 2.33. The maximum Gasteiger partial charge on any atom is 0.417 e. The monoisotopic (exact) mass is 349 g/mol. The van der Waals surface area contributed by atoms with E-state index in [2.05, 4.69) is 25.9 Å². The molecule has 2 N–H and O–H groups in total. The van der Waals surface area contributed by atoms with E-state index in [1.807, 2.05) is 0 Å². The number of nitrogen functional groups attached to an aromatic ring is 1. The highest BCUT2D eigenvalue weighted by atomic mass is 79.9. The first-order valence-electron chi connectivity index (χ1n) is 4.98. The number of rotatable bonds is 2. The van der Waals surface area contributed by atoms with Crippen LogP contribution in [0.25, 0.3) is 0 Å². The Bertz CT molecular complexity index is 587. The number of anilines is 1. The summed E-state index contributed by atoms with van der Waals surface area (Å²) < 4.78 is 37.8. The Morgan fingerprint density at radius 1 is 1.16 bits per heavy atom. The number of halogens is 4. The Kier molecular flexibility index (Phi) is 4.00. The number of aromatic nitrogens is 2. The maximum atomic E-state index is 12.4. The molecule has 100 valence electrons. The van der Waals surface area contributed by atoms with Crippen molar-refractivity contribution in [2.45, 2.75) is 16.2 Å². The number of nitrogens with zero attached hydrogens (tertiary/aromatic N) is 2. The summed E-state index contributed by atoms with van der Waals surface area (Å²) in [4.78, 5) is 7.83. The molecule has 3 nitrogen and oxygen atoms in total. The van der Waals surface area contributed by atoms with Crippen molar-refractivity contribution in [1.82, 2.24) is 9.97 Å². The Hall–Kier alpha value is -1.28. The fraction of sp³-hybridized carbons (Fsp3) is 0.0909. The van der Waals surface area contributed by atoms with E-state index < -0.39 is 11.7 Å². The lowest BCUT2D eigenvalue weighted by Crippen LogP contribution is -2.05. The molecule has 2 heterocycles. The van der Waals surface area contributed by atoms with Crippen molar-refractivity contribution in [2.24, 2.45) is 0 Å². The van der Waals surface area contributed by atoms with Gasteiger partial charge in [-0.2, -0.15) is 13.2 Å². The van der Waals surface area contributed by atoms with Crippen molar-refractivity contribution in [1.29, 1.82) is 0 Å². The Morgan fingerprint density at radius 2 is 1.89 bits per heavy atom. The molecule has 0 spiro atoms. The van der Waals surface area contributed by atoms with Gasteiger partial charge in [0.05, 0.1) is 21.9 Å². The van der Waals surface area contributed by atoms with Crippen LogP contribution in [0.4, 0.5) is 18.9 Å². The first-order chi connectivity index (χ1) is 8.86. The molecule has 8 heteroatoms. The van der Waals surface area contributed by atoms with Crippen molar-refractivity contribution in [3.8, 4) is 0 Å². The SMILES string of the molecule is Nc1cnc(Sc2ccc(C(F)(F)F)cn2)c(Br)c1. The smallest absolute Gasteiger partial charge is 0.397 e. The minimum atomic E-state index is -4.38. The molecule has 0 aliphatic heterocycles. The average Bonchev–Trinajstić information content (AvgIpc) is 2.32. The van der Waals surface area contributed by atoms with Crippen LogP contribution < -0.4 is 5.73 Å². The summed E-state index contributed by atoms with van der Waals surface area (Å²) in [5.74, 6) is 0. The molecule has 2 aromatic rings. The summed E-state index contributed by atoms with van der Waals surface area (Å²) in [6.07, 6.45) is -2.11. The average molecular weight is 350 g/mol. The summed E-state index contributed by atoms with van der Waals surface area (Å²) in [7, 11) is 0. The van der Waals surface area contributed by atoms with Gasteiger partial charge in [-0.05, 0) is 45.9 Å². The van der Waals surface area contributed by atoms with Crippen LogP contribution in [-0.2, 0) is 6.18 Å². The molecule has 0 bridgehead atoms. The fourth-order valence-corrected chi connectivity index (χ4v) is 2.53. The predicted octanol–water partition coefficient (Wildman–Crippen LogP) is 3.99. The van der Waals surface area contributed by atoms with E-state index in [0.29, 0.717) is 20.2 Å². The second kappa shape index (κ2) is 5.38. The molecule has 0 fully saturated rings. The van der Waals surface area contributed by atoms with Gasteiger partial charge >= 0.3 is 6.18 Å². The number of hydrogen-bond donors (Lipinski definition) is 1. The van der Waals surface area contributed by atoms with E-state index in [0.717, 1.165) is 24.0 Å². The van der Waals surface area contributed by atoms with Gasteiger partial charge in [-0.1, -0.05) is 0 Å². The zero-order valence-corrected chi connectivity index (χ0v) is 11.7. The summed E-state index contributed by atoms with van der Waals surface area (Å²) in [5, 5.41) is 1.01. The molecule has 0 unspecified atom stereocenters. The van der Waals surface area contributed by atoms with Gasteiger partial charge in [-0.15, -0.1) is 0 Å². The number of hydrogen-bond acceptors (Lipinski definition) is 4. The van der Waals surface area contributed by atoms with Crippen LogP contribution in [0.5, 0.6) is 0 Å². The van der Waals surface area contributed by atoms with E-state index in [-0.39, 0.29) is 0 Å². The van der Waals surface area contributed by atoms with Gasteiger partial charge in [0, 0.05) is 6.20 Å². The summed E-state index contributed by atoms with van der Waals surface area (Å²) in [6.45, 7) is 0. The minimum absolute atomic E-state index is 0.422. The quantitative estimate of drug-likeness (QED) is 0.890. The van der Waals surface area contributed by atoms with Crippen LogP contribution >= 0.6 is 27.7 Å². The molecular formula is C11H7BrF3N3S. The number of alkyl halides is 3. The second-order valence-electron chi connectivity index (χ2n) is 3.54. The topological polar surface area (TPSA) is 51.8 Å². The first-order valence-corrected chi connectivity index (χ1v) is 6.59. The third-order valence-corrected chi connectivity index (χ3v) is 3.93. The molecule has 0 saturated heterocycles. The summed E-state index contributed by atoms with van der Waals surface area (Å²) in [6, 6.07) is 3.96. The van der Waals surface area contributed by atoms with E-state index >= 15 is 0 Å². The van der Waals surface area contributed by atoms with Gasteiger partial charge in [-0.25, -0.2) is 9.97 Å². The number of nitrogens with two attached hydrogens (primary N) is 1. The molecule has 19 heavy (non-hydrogen) atoms. The molecule has 0 amide bonds. The lowest BCUT2D eigenvalue weighted by atomic mass is 10.3. The van der Waals surface area contributed by atoms with Crippen LogP contribution in [0.3, 0.4) is 0 Å². The molecule has 0 saturated carbocycles. The Labute approximate surface area is 119 Å². The van der Waals surface area contributed by atoms with Crippen LogP contribution in [0.2, 0.25) is 0 Å². The van der Waals surface area contributed by atoms with E-state index in [4.69, 9.17) is 5.73 Å². The lowest BCUT2D eigenvalue weighted by molar-refractivity contribution is -0.137. The standard InChI is InChI=1S/C11H7BrF3N3S/c12-8-3-7(16)5-18-10(8)19-9-2-1-6(4-17-9)11(13,14)15/h1-5H,16H2. The molecule has 0 aliphatic carbocycles. The molecule has 0 aliphatic rings. The van der Waals surface area contributed by atoms with Crippen molar-refractivity contribution in [3.05, 3.63) is 40.6 Å². The van der Waals surface area contributed by atoms with Crippen LogP contribution in [0, 0.1) is 0 Å². The van der Waals surface area contributed by atoms with E-state index in [1.165, 1.54) is 12.3 Å². The molecule has 2 aromatic heterocycles. The van der Waals surface area contributed by atoms with Gasteiger partial charge < -0.3 is 5.73 Å². The van der Waals surface area contributed by atoms with Crippen molar-refractivity contribution >= 4 is 33.4 Å². The first kappa shape index (κ1) is 14.1. The highest BCUT2D eigenvalue weighted by Gasteiger charge is 2.30. The second-order valence-corrected chi connectivity index (χ2v) is 5.40. The lowest BCUT2D eigenvalue weighted by Gasteiger charge is -2.07. The third-order valence-electron chi connectivity index (χ3n) is 2.09. The fourth-order valence-electron chi connectivity index (χ4n) is 1.22. The van der Waals surface area contributed by atoms with Gasteiger partial charge in [0.1, 0.15) is 10.1 Å². The third kappa shape index (κ3) is 3.60. The predicted molar refractivity (Wildman–Crippen MR) is 69.7 cm³/mol. The van der Waals surface area contributed by atoms with E-state index in [9.17, 15) is 13.2 Å². The maximum absolute atomic E-state index is 12.4. The zero-order valence-electron chi connectivity index (χ0n) is 9.28. The van der Waals surface area contributed by atoms with Gasteiger partial charge in [0.2, 0.25) is 0 Å². The summed E-state index contributed by atoms with van der Waals surface area (Å²) >= 11 is 4.43. The Morgan fingerprint density at radius 3 is 2.42 bits per heavy atom. The van der Waals surface area contributed by atoms with Gasteiger partial charge in [0.25, 0.3) is 0 Å². The van der Waals surface area contributed by atoms with Gasteiger partial charge in [-0.3, -0.25) is 0 Å². The molecular weight excluding hydrogens is 343 g/mol. The molecule has 0 aromatic carbocycles. The normalized spacial score (nSPS) is 11.6. The van der Waals surface area contributed by atoms with Crippen LogP contribution in [0.1, 0.15) is 5.56 Å². The number of pyridine rings is 2. The van der Waals surface area contributed by atoms with Crippen LogP contribution in [-0.4, -0.2) is 9.97 Å². The van der Waals surface area contributed by atoms with Gasteiger partial charge in [0.15, 0.2) is 0 Å². The molecule has 0 radical (unpaired) electrons. The Balaban J connectivity index is 2.20.